The number of amides is 1. The highest BCUT2D eigenvalue weighted by Crippen LogP contribution is 2.32. The molecule has 1 atom stereocenters. The molecule has 0 N–H and O–H groups in total. The monoisotopic (exact) mass is 471 g/mol. The lowest BCUT2D eigenvalue weighted by Gasteiger charge is -2.39. The Kier molecular flexibility index (Phi) is 6.37. The number of aromatic nitrogens is 3. The number of ether oxygens (including phenoxy) is 2. The van der Waals surface area contributed by atoms with Crippen LogP contribution in [0.5, 0.6) is 11.5 Å². The van der Waals surface area contributed by atoms with Gasteiger partial charge in [-0.1, -0.05) is 18.2 Å². The zero-order valence-electron chi connectivity index (χ0n) is 20.2. The second-order valence-corrected chi connectivity index (χ2v) is 8.75. The number of methoxy groups -OCH3 is 2. The van der Waals surface area contributed by atoms with Crippen LogP contribution in [-0.4, -0.2) is 70.2 Å². The summed E-state index contributed by atoms with van der Waals surface area (Å²) in [7, 11) is 3.25. The highest BCUT2D eigenvalue weighted by Gasteiger charge is 2.28. The number of hydrogen-bond donors (Lipinski definition) is 0. The van der Waals surface area contributed by atoms with E-state index in [4.69, 9.17) is 14.6 Å². The van der Waals surface area contributed by atoms with Crippen LogP contribution in [-0.2, 0) is 6.54 Å². The van der Waals surface area contributed by atoms with E-state index in [1.54, 1.807) is 20.4 Å². The lowest BCUT2D eigenvalue weighted by molar-refractivity contribution is 0.0473. The average molecular weight is 472 g/mol. The number of benzene rings is 2. The van der Waals surface area contributed by atoms with Crippen LogP contribution in [0.4, 0.5) is 0 Å². The van der Waals surface area contributed by atoms with E-state index >= 15 is 0 Å². The van der Waals surface area contributed by atoms with Gasteiger partial charge >= 0.3 is 0 Å². The van der Waals surface area contributed by atoms with Crippen molar-refractivity contribution in [2.75, 3.05) is 33.9 Å². The minimum Gasteiger partial charge on any atom is -0.493 e. The van der Waals surface area contributed by atoms with Crippen LogP contribution < -0.4 is 9.47 Å². The first kappa shape index (κ1) is 22.9. The number of hydrogen-bond acceptors (Lipinski definition) is 6. The third-order valence-corrected chi connectivity index (χ3v) is 6.47. The molecule has 1 aliphatic rings. The highest BCUT2D eigenvalue weighted by molar-refractivity contribution is 5.94. The van der Waals surface area contributed by atoms with Gasteiger partial charge in [-0.25, -0.2) is 9.50 Å². The fraction of sp³-hybridized carbons (Fsp3) is 0.296. The van der Waals surface area contributed by atoms with Crippen molar-refractivity contribution in [1.82, 2.24) is 24.4 Å². The summed E-state index contributed by atoms with van der Waals surface area (Å²) < 4.78 is 12.7. The Labute approximate surface area is 204 Å². The molecular weight excluding hydrogens is 442 g/mol. The largest absolute Gasteiger partial charge is 0.493 e. The quantitative estimate of drug-likeness (QED) is 0.426. The number of fused-ring (bicyclic) bond motifs is 1. The normalized spacial score (nSPS) is 16.4. The first-order valence-corrected chi connectivity index (χ1v) is 11.7. The Hall–Kier alpha value is -3.91. The molecule has 35 heavy (non-hydrogen) atoms. The summed E-state index contributed by atoms with van der Waals surface area (Å²) in [5.41, 5.74) is 4.36. The van der Waals surface area contributed by atoms with Crippen LogP contribution in [0.2, 0.25) is 0 Å². The molecular formula is C27H29N5O3. The van der Waals surface area contributed by atoms with E-state index in [-0.39, 0.29) is 11.9 Å². The molecule has 180 valence electrons. The molecule has 5 rings (SSSR count). The molecule has 1 amide bonds. The molecule has 0 aliphatic carbocycles. The number of carbonyl (C=O) groups is 1. The van der Waals surface area contributed by atoms with Crippen molar-refractivity contribution in [2.45, 2.75) is 19.5 Å². The Bertz CT molecular complexity index is 1340. The summed E-state index contributed by atoms with van der Waals surface area (Å²) in [6.07, 6.45) is 1.79. The molecule has 2 aromatic carbocycles. The summed E-state index contributed by atoms with van der Waals surface area (Å²) >= 11 is 0. The first-order valence-electron chi connectivity index (χ1n) is 11.7. The standard InChI is InChI=1S/C27H29N5O3/c1-19-17-30(13-14-31(19)27(33)20-7-5-4-6-8-20)18-22-16-26-28-12-11-23(32(26)29-22)21-9-10-24(34-2)25(15-21)35-3/h4-12,15-16,19H,13-14,17-18H2,1-3H3/t19-/m1/s1. The molecule has 0 unspecified atom stereocenters. The average Bonchev–Trinajstić information content (AvgIpc) is 3.31. The van der Waals surface area contributed by atoms with Crippen molar-refractivity contribution in [3.8, 4) is 22.8 Å². The van der Waals surface area contributed by atoms with Crippen molar-refractivity contribution in [3.05, 3.63) is 78.1 Å². The fourth-order valence-electron chi connectivity index (χ4n) is 4.69. The molecule has 4 aromatic rings. The maximum Gasteiger partial charge on any atom is 0.254 e. The second kappa shape index (κ2) is 9.76. The molecule has 0 radical (unpaired) electrons. The van der Waals surface area contributed by atoms with Crippen molar-refractivity contribution >= 4 is 11.6 Å². The lowest BCUT2D eigenvalue weighted by atomic mass is 10.1. The van der Waals surface area contributed by atoms with Crippen molar-refractivity contribution < 1.29 is 14.3 Å². The molecule has 1 aliphatic heterocycles. The topological polar surface area (TPSA) is 72.2 Å². The van der Waals surface area contributed by atoms with Crippen LogP contribution in [0.25, 0.3) is 16.9 Å². The summed E-state index contributed by atoms with van der Waals surface area (Å²) in [5.74, 6) is 1.44. The molecule has 2 aromatic heterocycles. The maximum atomic E-state index is 12.9. The predicted octanol–water partition coefficient (Wildman–Crippen LogP) is 3.76. The van der Waals surface area contributed by atoms with E-state index < -0.39 is 0 Å². The van der Waals surface area contributed by atoms with Crippen molar-refractivity contribution in [2.24, 2.45) is 0 Å². The van der Waals surface area contributed by atoms with Gasteiger partial charge in [0, 0.05) is 55.6 Å². The Morgan fingerprint density at radius 1 is 1.00 bits per heavy atom. The molecule has 8 nitrogen and oxygen atoms in total. The van der Waals surface area contributed by atoms with Crippen LogP contribution >= 0.6 is 0 Å². The zero-order valence-corrected chi connectivity index (χ0v) is 20.2. The van der Waals surface area contributed by atoms with Gasteiger partial charge in [0.05, 0.1) is 25.6 Å². The van der Waals surface area contributed by atoms with Crippen LogP contribution in [0.3, 0.4) is 0 Å². The third-order valence-electron chi connectivity index (χ3n) is 6.47. The van der Waals surface area contributed by atoms with Gasteiger partial charge in [-0.05, 0) is 43.3 Å². The second-order valence-electron chi connectivity index (χ2n) is 8.75. The van der Waals surface area contributed by atoms with E-state index in [1.807, 2.05) is 70.1 Å². The smallest absolute Gasteiger partial charge is 0.254 e. The zero-order chi connectivity index (χ0) is 24.4. The minimum atomic E-state index is 0.0919. The van der Waals surface area contributed by atoms with E-state index in [9.17, 15) is 4.79 Å². The van der Waals surface area contributed by atoms with Crippen LogP contribution in [0.1, 0.15) is 23.0 Å². The number of rotatable bonds is 6. The van der Waals surface area contributed by atoms with E-state index in [1.165, 1.54) is 0 Å². The number of carbonyl (C=O) groups excluding carboxylic acids is 1. The van der Waals surface area contributed by atoms with E-state index in [0.717, 1.165) is 41.3 Å². The van der Waals surface area contributed by atoms with Gasteiger partial charge in [-0.3, -0.25) is 9.69 Å². The summed E-state index contributed by atoms with van der Waals surface area (Å²) in [6, 6.07) is 19.4. The predicted molar refractivity (Wildman–Crippen MR) is 134 cm³/mol. The van der Waals surface area contributed by atoms with Gasteiger partial charge in [0.2, 0.25) is 0 Å². The fourth-order valence-corrected chi connectivity index (χ4v) is 4.69. The van der Waals surface area contributed by atoms with Gasteiger partial charge < -0.3 is 14.4 Å². The summed E-state index contributed by atoms with van der Waals surface area (Å²) in [4.78, 5) is 21.7. The Morgan fingerprint density at radius 3 is 2.54 bits per heavy atom. The van der Waals surface area contributed by atoms with Gasteiger partial charge in [0.15, 0.2) is 17.1 Å². The number of nitrogens with zero attached hydrogens (tertiary/aromatic N) is 5. The van der Waals surface area contributed by atoms with Gasteiger partial charge in [-0.2, -0.15) is 5.10 Å². The van der Waals surface area contributed by atoms with Crippen LogP contribution in [0.15, 0.2) is 66.9 Å². The molecule has 1 saturated heterocycles. The highest BCUT2D eigenvalue weighted by atomic mass is 16.5. The van der Waals surface area contributed by atoms with E-state index in [2.05, 4.69) is 16.8 Å². The Morgan fingerprint density at radius 2 is 1.80 bits per heavy atom. The first-order chi connectivity index (χ1) is 17.1. The molecule has 1 fully saturated rings. The molecule has 0 bridgehead atoms. The maximum absolute atomic E-state index is 12.9. The SMILES string of the molecule is COc1ccc(-c2ccnc3cc(CN4CCN(C(=O)c5ccccc5)[C@H](C)C4)nn23)cc1OC. The van der Waals surface area contributed by atoms with Gasteiger partial charge in [-0.15, -0.1) is 0 Å². The molecule has 0 saturated carbocycles. The summed E-state index contributed by atoms with van der Waals surface area (Å²) in [6.45, 7) is 5.09. The molecule has 3 heterocycles. The van der Waals surface area contributed by atoms with Gasteiger partial charge in [0.25, 0.3) is 5.91 Å². The minimum absolute atomic E-state index is 0.0919. The lowest BCUT2D eigenvalue weighted by Crippen LogP contribution is -2.53. The molecule has 0 spiro atoms. The number of piperazine rings is 1. The van der Waals surface area contributed by atoms with Crippen LogP contribution in [0, 0.1) is 0 Å². The van der Waals surface area contributed by atoms with Crippen molar-refractivity contribution in [1.29, 1.82) is 0 Å². The van der Waals surface area contributed by atoms with Gasteiger partial charge in [0.1, 0.15) is 0 Å². The van der Waals surface area contributed by atoms with E-state index in [0.29, 0.717) is 24.6 Å². The Balaban J connectivity index is 1.33. The van der Waals surface area contributed by atoms with Crippen molar-refractivity contribution in [3.63, 3.8) is 0 Å². The molecule has 8 heteroatoms. The third kappa shape index (κ3) is 4.57. The summed E-state index contributed by atoms with van der Waals surface area (Å²) in [5, 5.41) is 4.87.